The van der Waals surface area contributed by atoms with Gasteiger partial charge in [-0.05, 0) is 0 Å². The van der Waals surface area contributed by atoms with Crippen molar-refractivity contribution in [3.63, 3.8) is 0 Å². The van der Waals surface area contributed by atoms with Crippen LogP contribution in [0.25, 0.3) is 0 Å². The van der Waals surface area contributed by atoms with Crippen LogP contribution in [0.5, 0.6) is 0 Å². The molecule has 0 fully saturated rings. The zero-order chi connectivity index (χ0) is 9.12. The van der Waals surface area contributed by atoms with E-state index in [1.807, 2.05) is 0 Å². The van der Waals surface area contributed by atoms with E-state index in [-0.39, 0.29) is 0 Å². The molecule has 0 radical (unpaired) electrons. The summed E-state index contributed by atoms with van der Waals surface area (Å²) >= 11 is 0. The molecular formula is C4H2F5NO. The van der Waals surface area contributed by atoms with Gasteiger partial charge in [0.05, 0.1) is 0 Å². The van der Waals surface area contributed by atoms with E-state index in [1.165, 1.54) is 0 Å². The molecule has 0 atom stereocenters. The van der Waals surface area contributed by atoms with Gasteiger partial charge in [0.2, 0.25) is 6.08 Å². The van der Waals surface area contributed by atoms with Gasteiger partial charge in [-0.1, -0.05) is 0 Å². The van der Waals surface area contributed by atoms with Gasteiger partial charge < -0.3 is 0 Å². The first-order valence-corrected chi connectivity index (χ1v) is 2.30. The number of hydrogen-bond acceptors (Lipinski definition) is 2. The van der Waals surface area contributed by atoms with Crippen molar-refractivity contribution in [3.05, 3.63) is 0 Å². The number of hydrogen-bond donors (Lipinski definition) is 0. The molecule has 0 unspecified atom stereocenters. The second-order valence-electron chi connectivity index (χ2n) is 1.66. The third-order valence-electron chi connectivity index (χ3n) is 0.622. The summed E-state index contributed by atoms with van der Waals surface area (Å²) in [5, 5.41) is 0. The second-order valence-corrected chi connectivity index (χ2v) is 1.66. The summed E-state index contributed by atoms with van der Waals surface area (Å²) in [7, 11) is 0. The average Bonchev–Trinajstić information content (AvgIpc) is 1.55. The third-order valence-corrected chi connectivity index (χ3v) is 0.622. The number of rotatable bonds is 2. The highest BCUT2D eigenvalue weighted by molar-refractivity contribution is 5.33. The minimum absolute atomic E-state index is 0.356. The van der Waals surface area contributed by atoms with Crippen LogP contribution in [0, 0.1) is 0 Å². The summed E-state index contributed by atoms with van der Waals surface area (Å²) in [6.07, 6.45) is -7.12. The third kappa shape index (κ3) is 5.47. The minimum Gasteiger partial charge on any atom is -0.211 e. The molecule has 0 rings (SSSR count). The van der Waals surface area contributed by atoms with Gasteiger partial charge in [-0.25, -0.2) is 4.79 Å². The summed E-state index contributed by atoms with van der Waals surface area (Å²) in [4.78, 5) is 10.9. The van der Waals surface area contributed by atoms with Crippen LogP contribution in [-0.2, 0) is 4.79 Å². The summed E-state index contributed by atoms with van der Waals surface area (Å²) in [5.74, 6) is 0. The van der Waals surface area contributed by atoms with Gasteiger partial charge in [-0.15, -0.1) is 4.99 Å². The molecule has 0 aliphatic carbocycles. The Morgan fingerprint density at radius 3 is 1.91 bits per heavy atom. The number of halogens is 5. The van der Waals surface area contributed by atoms with Crippen LogP contribution in [0.2, 0.25) is 0 Å². The number of carbonyl (C=O) groups excluding carboxylic acids is 1. The lowest BCUT2D eigenvalue weighted by atomic mass is 10.4. The molecule has 0 spiro atoms. The van der Waals surface area contributed by atoms with Crippen molar-refractivity contribution in [3.8, 4) is 0 Å². The molecule has 0 saturated carbocycles. The largest absolute Gasteiger partial charge is 0.396 e. The predicted octanol–water partition coefficient (Wildman–Crippen LogP) is 1.87. The molecule has 0 aliphatic heterocycles. The quantitative estimate of drug-likeness (QED) is 0.272. The molecule has 0 N–H and O–H groups in total. The van der Waals surface area contributed by atoms with Crippen LogP contribution >= 0.6 is 0 Å². The topological polar surface area (TPSA) is 29.4 Å². The maximum Gasteiger partial charge on any atom is 0.396 e. The van der Waals surface area contributed by atoms with Crippen molar-refractivity contribution in [2.75, 3.05) is 0 Å². The van der Waals surface area contributed by atoms with Gasteiger partial charge >= 0.3 is 12.2 Å². The number of nitrogens with zero attached hydrogens (tertiary/aromatic N) is 1. The molecular weight excluding hydrogens is 173 g/mol. The maximum atomic E-state index is 11.8. The Bertz CT molecular complexity index is 179. The van der Waals surface area contributed by atoms with Gasteiger partial charge in [0.15, 0.2) is 0 Å². The zero-order valence-corrected chi connectivity index (χ0v) is 4.95. The van der Waals surface area contributed by atoms with E-state index in [2.05, 4.69) is 0 Å². The Morgan fingerprint density at radius 1 is 1.18 bits per heavy atom. The lowest BCUT2D eigenvalue weighted by Gasteiger charge is -2.10. The molecule has 11 heavy (non-hydrogen) atoms. The van der Waals surface area contributed by atoms with E-state index in [4.69, 9.17) is 4.79 Å². The monoisotopic (exact) mass is 175 g/mol. The van der Waals surface area contributed by atoms with E-state index < -0.39 is 18.6 Å². The molecule has 0 aromatic rings. The van der Waals surface area contributed by atoms with Gasteiger partial charge in [0, 0.05) is 0 Å². The van der Waals surface area contributed by atoms with Crippen LogP contribution in [0.15, 0.2) is 4.99 Å². The standard InChI is InChI=1S/C4H2F5NO/c5-3(6,7)1-4(8,9)10-2-11/h1H2. The van der Waals surface area contributed by atoms with E-state index in [1.54, 1.807) is 4.99 Å². The second kappa shape index (κ2) is 2.96. The Kier molecular flexibility index (Phi) is 2.70. The van der Waals surface area contributed by atoms with Crippen LogP contribution in [0.4, 0.5) is 22.0 Å². The fourth-order valence-electron chi connectivity index (χ4n) is 0.347. The highest BCUT2D eigenvalue weighted by Gasteiger charge is 2.43. The molecule has 64 valence electrons. The SMILES string of the molecule is O=C=NC(F)(F)CC(F)(F)F. The van der Waals surface area contributed by atoms with Crippen molar-refractivity contribution in [1.29, 1.82) is 0 Å². The Hall–Kier alpha value is -0.970. The Balaban J connectivity index is 4.24. The van der Waals surface area contributed by atoms with Crippen molar-refractivity contribution in [1.82, 2.24) is 0 Å². The first-order valence-electron chi connectivity index (χ1n) is 2.30. The van der Waals surface area contributed by atoms with E-state index in [0.717, 1.165) is 0 Å². The molecule has 0 aliphatic rings. The smallest absolute Gasteiger partial charge is 0.211 e. The molecule has 0 heterocycles. The molecule has 0 amide bonds. The summed E-state index contributed by atoms with van der Waals surface area (Å²) in [5.41, 5.74) is 0. The predicted molar refractivity (Wildman–Crippen MR) is 23.7 cm³/mol. The summed E-state index contributed by atoms with van der Waals surface area (Å²) < 4.78 is 57.2. The number of isocyanates is 1. The van der Waals surface area contributed by atoms with Crippen LogP contribution in [-0.4, -0.2) is 18.3 Å². The lowest BCUT2D eigenvalue weighted by Crippen LogP contribution is -2.23. The molecule has 0 aromatic carbocycles. The average molecular weight is 175 g/mol. The first-order chi connectivity index (χ1) is 4.77. The Morgan fingerprint density at radius 2 is 1.64 bits per heavy atom. The van der Waals surface area contributed by atoms with E-state index >= 15 is 0 Å². The normalized spacial score (nSPS) is 12.5. The van der Waals surface area contributed by atoms with Gasteiger partial charge in [0.25, 0.3) is 0 Å². The Labute approximate surface area is 57.7 Å². The van der Waals surface area contributed by atoms with Crippen LogP contribution in [0.3, 0.4) is 0 Å². The highest BCUT2D eigenvalue weighted by atomic mass is 19.4. The molecule has 7 heteroatoms. The molecule has 2 nitrogen and oxygen atoms in total. The van der Waals surface area contributed by atoms with Crippen LogP contribution < -0.4 is 0 Å². The van der Waals surface area contributed by atoms with Gasteiger partial charge in [0.1, 0.15) is 6.42 Å². The zero-order valence-electron chi connectivity index (χ0n) is 4.95. The van der Waals surface area contributed by atoms with Crippen molar-refractivity contribution < 1.29 is 26.7 Å². The number of aliphatic imine (C=N–C) groups is 1. The minimum atomic E-state index is -5.04. The fraction of sp³-hybridized carbons (Fsp3) is 0.750. The molecule has 0 aromatic heterocycles. The molecule has 0 saturated heterocycles. The highest BCUT2D eigenvalue weighted by Crippen LogP contribution is 2.31. The van der Waals surface area contributed by atoms with E-state index in [0.29, 0.717) is 6.08 Å². The van der Waals surface area contributed by atoms with Gasteiger partial charge in [-0.3, -0.25) is 0 Å². The van der Waals surface area contributed by atoms with Crippen molar-refractivity contribution in [2.45, 2.75) is 18.6 Å². The first kappa shape index (κ1) is 10.0. The summed E-state index contributed by atoms with van der Waals surface area (Å²) in [6.45, 7) is 0. The lowest BCUT2D eigenvalue weighted by molar-refractivity contribution is -0.184. The molecule has 0 bridgehead atoms. The van der Waals surface area contributed by atoms with Crippen molar-refractivity contribution >= 4 is 6.08 Å². The van der Waals surface area contributed by atoms with Crippen LogP contribution in [0.1, 0.15) is 6.42 Å². The number of alkyl halides is 5. The fourth-order valence-corrected chi connectivity index (χ4v) is 0.347. The summed E-state index contributed by atoms with van der Waals surface area (Å²) in [6, 6.07) is -4.39. The van der Waals surface area contributed by atoms with Gasteiger partial charge in [-0.2, -0.15) is 22.0 Å². The van der Waals surface area contributed by atoms with E-state index in [9.17, 15) is 22.0 Å². The van der Waals surface area contributed by atoms with Crippen molar-refractivity contribution in [2.24, 2.45) is 4.99 Å². The maximum absolute atomic E-state index is 11.8.